The predicted molar refractivity (Wildman–Crippen MR) is 238 cm³/mol. The van der Waals surface area contributed by atoms with Gasteiger partial charge in [0.05, 0.1) is 22.1 Å². The van der Waals surface area contributed by atoms with E-state index in [4.69, 9.17) is 0 Å². The Labute approximate surface area is 333 Å². The van der Waals surface area contributed by atoms with Crippen LogP contribution in [0.1, 0.15) is 22.3 Å². The molecule has 0 fully saturated rings. The highest BCUT2D eigenvalue weighted by molar-refractivity contribution is 6.10. The SMILES string of the molecule is c1ccc(N(c2ccccc2)c2ccccc2-c2ccc(C3(c4ccc5c(c4)c4ccccc4n5-c4ccccc4)c4ccccc4-c4ccccc43)cc2)cc1. The number of fused-ring (bicyclic) bond motifs is 6. The van der Waals surface area contributed by atoms with E-state index in [1.54, 1.807) is 0 Å². The fraction of sp³-hybridized carbons (Fsp3) is 0.0182. The summed E-state index contributed by atoms with van der Waals surface area (Å²) in [5.41, 5.74) is 16.5. The van der Waals surface area contributed by atoms with Crippen molar-refractivity contribution in [2.24, 2.45) is 0 Å². The molecule has 2 heteroatoms. The van der Waals surface area contributed by atoms with Crippen LogP contribution in [0.4, 0.5) is 17.1 Å². The van der Waals surface area contributed by atoms with Crippen molar-refractivity contribution in [2.45, 2.75) is 5.41 Å². The van der Waals surface area contributed by atoms with Gasteiger partial charge in [0.2, 0.25) is 0 Å². The molecule has 268 valence electrons. The highest BCUT2D eigenvalue weighted by atomic mass is 15.1. The van der Waals surface area contributed by atoms with Gasteiger partial charge in [0, 0.05) is 33.4 Å². The maximum atomic E-state index is 2.47. The molecule has 11 rings (SSSR count). The van der Waals surface area contributed by atoms with E-state index in [0.29, 0.717) is 0 Å². The third-order valence-electron chi connectivity index (χ3n) is 11.9. The van der Waals surface area contributed by atoms with Crippen LogP contribution in [0.25, 0.3) is 49.7 Å². The van der Waals surface area contributed by atoms with E-state index in [1.165, 1.54) is 66.3 Å². The number of para-hydroxylation sites is 5. The molecule has 0 amide bonds. The van der Waals surface area contributed by atoms with Gasteiger partial charge in [-0.25, -0.2) is 0 Å². The Kier molecular flexibility index (Phi) is 7.75. The quantitative estimate of drug-likeness (QED) is 0.159. The van der Waals surface area contributed by atoms with Crippen molar-refractivity contribution in [3.8, 4) is 27.9 Å². The molecule has 0 bridgehead atoms. The first-order valence-corrected chi connectivity index (χ1v) is 19.7. The summed E-state index contributed by atoms with van der Waals surface area (Å²) in [6, 6.07) is 84.2. The average molecular weight is 727 g/mol. The van der Waals surface area contributed by atoms with Gasteiger partial charge in [-0.15, -0.1) is 0 Å². The van der Waals surface area contributed by atoms with Crippen molar-refractivity contribution in [3.05, 3.63) is 253 Å². The summed E-state index contributed by atoms with van der Waals surface area (Å²) in [6.45, 7) is 0. The van der Waals surface area contributed by atoms with Crippen LogP contribution in [-0.4, -0.2) is 4.57 Å². The lowest BCUT2D eigenvalue weighted by molar-refractivity contribution is 0.770. The second kappa shape index (κ2) is 13.4. The normalized spacial score (nSPS) is 12.7. The van der Waals surface area contributed by atoms with Crippen molar-refractivity contribution in [2.75, 3.05) is 4.90 Å². The first-order chi connectivity index (χ1) is 28.3. The lowest BCUT2D eigenvalue weighted by atomic mass is 9.67. The molecule has 0 atom stereocenters. The van der Waals surface area contributed by atoms with Gasteiger partial charge in [0.1, 0.15) is 0 Å². The van der Waals surface area contributed by atoms with E-state index < -0.39 is 5.41 Å². The van der Waals surface area contributed by atoms with Crippen LogP contribution < -0.4 is 4.90 Å². The highest BCUT2D eigenvalue weighted by Crippen LogP contribution is 2.57. The first kappa shape index (κ1) is 33.0. The van der Waals surface area contributed by atoms with E-state index in [1.807, 2.05) is 0 Å². The van der Waals surface area contributed by atoms with Crippen LogP contribution in [-0.2, 0) is 5.41 Å². The van der Waals surface area contributed by atoms with E-state index in [9.17, 15) is 0 Å². The summed E-state index contributed by atoms with van der Waals surface area (Å²) in [5.74, 6) is 0. The van der Waals surface area contributed by atoms with Crippen LogP contribution in [0, 0.1) is 0 Å². The fourth-order valence-corrected chi connectivity index (χ4v) is 9.48. The van der Waals surface area contributed by atoms with Crippen LogP contribution >= 0.6 is 0 Å². The monoisotopic (exact) mass is 726 g/mol. The molecule has 0 radical (unpaired) electrons. The molecule has 57 heavy (non-hydrogen) atoms. The molecule has 0 saturated carbocycles. The minimum Gasteiger partial charge on any atom is -0.310 e. The number of benzene rings is 9. The number of hydrogen-bond donors (Lipinski definition) is 0. The van der Waals surface area contributed by atoms with Gasteiger partial charge < -0.3 is 9.47 Å². The van der Waals surface area contributed by atoms with Crippen molar-refractivity contribution < 1.29 is 0 Å². The lowest BCUT2D eigenvalue weighted by Crippen LogP contribution is -2.28. The Balaban J connectivity index is 1.13. The van der Waals surface area contributed by atoms with Gasteiger partial charge in [-0.05, 0) is 99.6 Å². The third-order valence-corrected chi connectivity index (χ3v) is 11.9. The van der Waals surface area contributed by atoms with Crippen molar-refractivity contribution in [1.29, 1.82) is 0 Å². The lowest BCUT2D eigenvalue weighted by Gasteiger charge is -2.34. The Bertz CT molecular complexity index is 2970. The van der Waals surface area contributed by atoms with Crippen molar-refractivity contribution in [1.82, 2.24) is 4.57 Å². The van der Waals surface area contributed by atoms with Crippen LogP contribution in [0.2, 0.25) is 0 Å². The van der Waals surface area contributed by atoms with Crippen LogP contribution in [0.15, 0.2) is 231 Å². The highest BCUT2D eigenvalue weighted by Gasteiger charge is 2.46. The molecule has 2 nitrogen and oxygen atoms in total. The molecule has 1 aliphatic rings. The number of rotatable bonds is 7. The van der Waals surface area contributed by atoms with E-state index in [-0.39, 0.29) is 0 Å². The Hall–Kier alpha value is -7.42. The molecule has 10 aromatic rings. The number of hydrogen-bond acceptors (Lipinski definition) is 1. The molecule has 0 spiro atoms. The van der Waals surface area contributed by atoms with Gasteiger partial charge in [0.25, 0.3) is 0 Å². The van der Waals surface area contributed by atoms with E-state index in [2.05, 4.69) is 240 Å². The molecule has 0 aliphatic heterocycles. The second-order valence-corrected chi connectivity index (χ2v) is 14.9. The topological polar surface area (TPSA) is 8.17 Å². The molecule has 0 unspecified atom stereocenters. The van der Waals surface area contributed by atoms with Crippen LogP contribution in [0.5, 0.6) is 0 Å². The largest absolute Gasteiger partial charge is 0.310 e. The first-order valence-electron chi connectivity index (χ1n) is 19.7. The molecule has 1 aromatic heterocycles. The molecule has 9 aromatic carbocycles. The zero-order valence-electron chi connectivity index (χ0n) is 31.3. The van der Waals surface area contributed by atoms with E-state index >= 15 is 0 Å². The molecule has 0 N–H and O–H groups in total. The predicted octanol–water partition coefficient (Wildman–Crippen LogP) is 14.3. The summed E-state index contributed by atoms with van der Waals surface area (Å²) in [4.78, 5) is 2.36. The minimum absolute atomic E-state index is 0.532. The molecule has 1 heterocycles. The Morgan fingerprint density at radius 1 is 0.351 bits per heavy atom. The molecule has 1 aliphatic carbocycles. The van der Waals surface area contributed by atoms with Gasteiger partial charge in [0.15, 0.2) is 0 Å². The van der Waals surface area contributed by atoms with Gasteiger partial charge >= 0.3 is 0 Å². The van der Waals surface area contributed by atoms with Crippen molar-refractivity contribution in [3.63, 3.8) is 0 Å². The average Bonchev–Trinajstić information content (AvgIpc) is 3.78. The maximum Gasteiger partial charge on any atom is 0.0713 e. The smallest absolute Gasteiger partial charge is 0.0713 e. The molecular formula is C55H38N2. The molecular weight excluding hydrogens is 689 g/mol. The zero-order chi connectivity index (χ0) is 37.8. The summed E-state index contributed by atoms with van der Waals surface area (Å²) < 4.78 is 2.40. The summed E-state index contributed by atoms with van der Waals surface area (Å²) in [6.07, 6.45) is 0. The van der Waals surface area contributed by atoms with Crippen LogP contribution in [0.3, 0.4) is 0 Å². The summed E-state index contributed by atoms with van der Waals surface area (Å²) in [5, 5.41) is 2.50. The fourth-order valence-electron chi connectivity index (χ4n) is 9.48. The van der Waals surface area contributed by atoms with Gasteiger partial charge in [-0.3, -0.25) is 0 Å². The number of aromatic nitrogens is 1. The Morgan fingerprint density at radius 3 is 1.49 bits per heavy atom. The zero-order valence-corrected chi connectivity index (χ0v) is 31.3. The summed E-state index contributed by atoms with van der Waals surface area (Å²) >= 11 is 0. The summed E-state index contributed by atoms with van der Waals surface area (Å²) in [7, 11) is 0. The van der Waals surface area contributed by atoms with Gasteiger partial charge in [-0.1, -0.05) is 170 Å². The maximum absolute atomic E-state index is 2.47. The third kappa shape index (κ3) is 5.11. The number of nitrogens with zero attached hydrogens (tertiary/aromatic N) is 2. The minimum atomic E-state index is -0.532. The Morgan fingerprint density at radius 2 is 0.842 bits per heavy atom. The van der Waals surface area contributed by atoms with E-state index in [0.717, 1.165) is 22.7 Å². The number of anilines is 3. The molecule has 0 saturated heterocycles. The van der Waals surface area contributed by atoms with Gasteiger partial charge in [-0.2, -0.15) is 0 Å². The van der Waals surface area contributed by atoms with Crippen molar-refractivity contribution >= 4 is 38.9 Å². The second-order valence-electron chi connectivity index (χ2n) is 14.9. The standard InChI is InChI=1S/C55H38N2/c1-4-18-42(19-5-1)56(43-20-6-2-7-21-43)52-30-16-12-24-45(52)39-32-34-40(35-33-39)55(50-28-14-10-25-46(50)47-26-11-15-29-51(47)55)41-36-37-54-49(38-41)48-27-13-17-31-53(48)57(54)44-22-8-3-9-23-44/h1-38H.